The first-order valence-corrected chi connectivity index (χ1v) is 6.67. The summed E-state index contributed by atoms with van der Waals surface area (Å²) in [5.74, 6) is 0.335. The van der Waals surface area contributed by atoms with Gasteiger partial charge in [0.2, 0.25) is 0 Å². The molecule has 1 aromatic carbocycles. The molecule has 0 saturated heterocycles. The van der Waals surface area contributed by atoms with Crippen molar-refractivity contribution in [2.45, 2.75) is 32.0 Å². The molecule has 3 nitrogen and oxygen atoms in total. The standard InChI is InChI=1S/C15H12F3N3/c16-15(17,18)13-9-21-6-2-1-3-11-7-10(8-19)4-5-12(11)14(21)20-13/h4-5,7,9H,1-3,6H2. The van der Waals surface area contributed by atoms with E-state index in [2.05, 4.69) is 11.1 Å². The Morgan fingerprint density at radius 1 is 1.24 bits per heavy atom. The molecular formula is C15H12F3N3. The highest BCUT2D eigenvalue weighted by molar-refractivity contribution is 5.63. The van der Waals surface area contributed by atoms with Crippen molar-refractivity contribution in [1.29, 1.82) is 5.26 Å². The Hall–Kier alpha value is -2.29. The number of benzene rings is 1. The van der Waals surface area contributed by atoms with Gasteiger partial charge in [-0.3, -0.25) is 0 Å². The summed E-state index contributed by atoms with van der Waals surface area (Å²) >= 11 is 0. The van der Waals surface area contributed by atoms with Gasteiger partial charge in [0.15, 0.2) is 5.69 Å². The van der Waals surface area contributed by atoms with Gasteiger partial charge in [-0.1, -0.05) is 0 Å². The zero-order valence-electron chi connectivity index (χ0n) is 11.1. The first-order valence-electron chi connectivity index (χ1n) is 6.67. The smallest absolute Gasteiger partial charge is 0.330 e. The van der Waals surface area contributed by atoms with Crippen LogP contribution in [0, 0.1) is 11.3 Å². The first kappa shape index (κ1) is 13.7. The van der Waals surface area contributed by atoms with Crippen molar-refractivity contribution in [3.05, 3.63) is 41.2 Å². The molecule has 0 amide bonds. The van der Waals surface area contributed by atoms with Gasteiger partial charge in [-0.2, -0.15) is 18.4 Å². The number of aromatic nitrogens is 2. The van der Waals surface area contributed by atoms with Gasteiger partial charge in [0.25, 0.3) is 0 Å². The third-order valence-corrected chi connectivity index (χ3v) is 3.64. The Kier molecular flexibility index (Phi) is 3.20. The number of aryl methyl sites for hydroxylation is 2. The van der Waals surface area contributed by atoms with Crippen molar-refractivity contribution < 1.29 is 13.2 Å². The molecule has 0 radical (unpaired) electrons. The fourth-order valence-electron chi connectivity index (χ4n) is 2.62. The van der Waals surface area contributed by atoms with Crippen LogP contribution in [-0.2, 0) is 19.1 Å². The topological polar surface area (TPSA) is 41.6 Å². The van der Waals surface area contributed by atoms with Gasteiger partial charge in [-0.05, 0) is 43.0 Å². The summed E-state index contributed by atoms with van der Waals surface area (Å²) in [5.41, 5.74) is 1.22. The second kappa shape index (κ2) is 4.92. The Balaban J connectivity index is 2.17. The van der Waals surface area contributed by atoms with Gasteiger partial charge in [-0.15, -0.1) is 0 Å². The molecule has 0 aliphatic carbocycles. The largest absolute Gasteiger partial charge is 0.434 e. The summed E-state index contributed by atoms with van der Waals surface area (Å²) in [5, 5.41) is 8.95. The summed E-state index contributed by atoms with van der Waals surface area (Å²) in [6.07, 6.45) is -0.958. The molecule has 108 valence electrons. The Morgan fingerprint density at radius 2 is 2.05 bits per heavy atom. The molecule has 21 heavy (non-hydrogen) atoms. The molecule has 0 bridgehead atoms. The number of alkyl halides is 3. The van der Waals surface area contributed by atoms with E-state index in [1.54, 1.807) is 22.8 Å². The molecule has 2 aromatic rings. The fraction of sp³-hybridized carbons (Fsp3) is 0.333. The van der Waals surface area contributed by atoms with Crippen LogP contribution < -0.4 is 0 Å². The highest BCUT2D eigenvalue weighted by atomic mass is 19.4. The molecular weight excluding hydrogens is 279 g/mol. The van der Waals surface area contributed by atoms with Gasteiger partial charge in [0.05, 0.1) is 11.6 Å². The van der Waals surface area contributed by atoms with Crippen LogP contribution in [0.4, 0.5) is 13.2 Å². The minimum atomic E-state index is -4.44. The second-order valence-corrected chi connectivity index (χ2v) is 5.08. The predicted molar refractivity (Wildman–Crippen MR) is 70.3 cm³/mol. The summed E-state index contributed by atoms with van der Waals surface area (Å²) in [6.45, 7) is 0.526. The molecule has 0 atom stereocenters. The highest BCUT2D eigenvalue weighted by Gasteiger charge is 2.35. The maximum Gasteiger partial charge on any atom is 0.434 e. The van der Waals surface area contributed by atoms with Crippen molar-refractivity contribution in [2.24, 2.45) is 0 Å². The molecule has 0 spiro atoms. The summed E-state index contributed by atoms with van der Waals surface area (Å²) in [6, 6.07) is 7.11. The number of halogens is 3. The van der Waals surface area contributed by atoms with Crippen molar-refractivity contribution in [3.63, 3.8) is 0 Å². The Morgan fingerprint density at radius 3 is 2.76 bits per heavy atom. The quantitative estimate of drug-likeness (QED) is 0.741. The van der Waals surface area contributed by atoms with Crippen molar-refractivity contribution in [2.75, 3.05) is 0 Å². The van der Waals surface area contributed by atoms with Gasteiger partial charge in [0, 0.05) is 18.3 Å². The third kappa shape index (κ3) is 2.51. The molecule has 0 saturated carbocycles. The average molecular weight is 291 g/mol. The van der Waals surface area contributed by atoms with Gasteiger partial charge >= 0.3 is 6.18 Å². The molecule has 0 N–H and O–H groups in total. The minimum Gasteiger partial charge on any atom is -0.330 e. The average Bonchev–Trinajstić information content (AvgIpc) is 2.84. The van der Waals surface area contributed by atoms with Gasteiger partial charge in [0.1, 0.15) is 5.82 Å². The number of nitriles is 1. The fourth-order valence-corrected chi connectivity index (χ4v) is 2.62. The lowest BCUT2D eigenvalue weighted by Gasteiger charge is -2.15. The zero-order chi connectivity index (χ0) is 15.0. The van der Waals surface area contributed by atoms with Crippen LogP contribution in [0.2, 0.25) is 0 Å². The van der Waals surface area contributed by atoms with Gasteiger partial charge in [-0.25, -0.2) is 4.98 Å². The van der Waals surface area contributed by atoms with E-state index in [1.165, 1.54) is 0 Å². The number of fused-ring (bicyclic) bond motifs is 3. The predicted octanol–water partition coefficient (Wildman–Crippen LogP) is 3.78. The minimum absolute atomic E-state index is 0.335. The van der Waals surface area contributed by atoms with Crippen LogP contribution in [-0.4, -0.2) is 9.55 Å². The summed E-state index contributed by atoms with van der Waals surface area (Å²) < 4.78 is 40.1. The van der Waals surface area contributed by atoms with Crippen molar-refractivity contribution >= 4 is 0 Å². The van der Waals surface area contributed by atoms with E-state index in [9.17, 15) is 13.2 Å². The number of nitrogens with zero attached hydrogens (tertiary/aromatic N) is 3. The maximum absolute atomic E-state index is 12.9. The number of imidazole rings is 1. The Bertz CT molecular complexity index is 723. The van der Waals surface area contributed by atoms with E-state index in [0.29, 0.717) is 23.5 Å². The van der Waals surface area contributed by atoms with Crippen molar-refractivity contribution in [1.82, 2.24) is 9.55 Å². The van der Waals surface area contributed by atoms with Crippen molar-refractivity contribution in [3.8, 4) is 17.5 Å². The van der Waals surface area contributed by atoms with Gasteiger partial charge < -0.3 is 4.57 Å². The third-order valence-electron chi connectivity index (χ3n) is 3.64. The number of hydrogen-bond acceptors (Lipinski definition) is 2. The van der Waals surface area contributed by atoms with E-state index in [-0.39, 0.29) is 0 Å². The lowest BCUT2D eigenvalue weighted by molar-refractivity contribution is -0.140. The van der Waals surface area contributed by atoms with Crippen LogP contribution in [0.15, 0.2) is 24.4 Å². The molecule has 1 aliphatic rings. The normalized spacial score (nSPS) is 14.6. The zero-order valence-corrected chi connectivity index (χ0v) is 11.1. The highest BCUT2D eigenvalue weighted by Crippen LogP contribution is 2.33. The maximum atomic E-state index is 12.9. The summed E-state index contributed by atoms with van der Waals surface area (Å²) in [7, 11) is 0. The lowest BCUT2D eigenvalue weighted by atomic mass is 9.97. The van der Waals surface area contributed by atoms with Crippen LogP contribution in [0.5, 0.6) is 0 Å². The molecule has 0 fully saturated rings. The molecule has 2 heterocycles. The van der Waals surface area contributed by atoms with Crippen LogP contribution in [0.1, 0.15) is 29.7 Å². The molecule has 0 unspecified atom stereocenters. The van der Waals surface area contributed by atoms with E-state index in [1.807, 2.05) is 0 Å². The molecule has 3 rings (SSSR count). The second-order valence-electron chi connectivity index (χ2n) is 5.08. The van der Waals surface area contributed by atoms with E-state index in [4.69, 9.17) is 5.26 Å². The first-order chi connectivity index (χ1) is 9.99. The lowest BCUT2D eigenvalue weighted by Crippen LogP contribution is -2.06. The summed E-state index contributed by atoms with van der Waals surface area (Å²) in [4.78, 5) is 3.78. The molecule has 1 aliphatic heterocycles. The van der Waals surface area contributed by atoms with Crippen LogP contribution in [0.3, 0.4) is 0 Å². The SMILES string of the molecule is N#Cc1ccc2c(c1)CCCCn1cc(C(F)(F)F)nc1-2. The van der Waals surface area contributed by atoms with E-state index < -0.39 is 11.9 Å². The Labute approximate surface area is 119 Å². The van der Waals surface area contributed by atoms with E-state index >= 15 is 0 Å². The number of rotatable bonds is 0. The van der Waals surface area contributed by atoms with Crippen LogP contribution in [0.25, 0.3) is 11.4 Å². The van der Waals surface area contributed by atoms with Crippen LogP contribution >= 0.6 is 0 Å². The number of hydrogen-bond donors (Lipinski definition) is 0. The van der Waals surface area contributed by atoms with E-state index in [0.717, 1.165) is 31.0 Å². The molecule has 1 aromatic heterocycles. The molecule has 6 heteroatoms. The monoisotopic (exact) mass is 291 g/mol.